The van der Waals surface area contributed by atoms with Gasteiger partial charge in [-0.15, -0.1) is 0 Å². The number of ether oxygens (including phenoxy) is 1. The molecule has 130 valence electrons. The Hall–Kier alpha value is -1.88. The van der Waals surface area contributed by atoms with E-state index in [0.717, 1.165) is 25.8 Å². The van der Waals surface area contributed by atoms with E-state index in [1.54, 1.807) is 0 Å². The van der Waals surface area contributed by atoms with Gasteiger partial charge in [-0.25, -0.2) is 0 Å². The van der Waals surface area contributed by atoms with Crippen LogP contribution in [0.25, 0.3) is 0 Å². The summed E-state index contributed by atoms with van der Waals surface area (Å²) >= 11 is 0. The van der Waals surface area contributed by atoms with Gasteiger partial charge in [0.15, 0.2) is 0 Å². The minimum Gasteiger partial charge on any atom is -0.378 e. The second-order valence-electron chi connectivity index (χ2n) is 6.60. The van der Waals surface area contributed by atoms with E-state index in [4.69, 9.17) is 4.74 Å². The van der Waals surface area contributed by atoms with Gasteiger partial charge in [0.2, 0.25) is 11.8 Å². The summed E-state index contributed by atoms with van der Waals surface area (Å²) in [6.07, 6.45) is 3.08. The van der Waals surface area contributed by atoms with Gasteiger partial charge in [0.1, 0.15) is 0 Å². The van der Waals surface area contributed by atoms with Crippen molar-refractivity contribution in [1.29, 1.82) is 0 Å². The van der Waals surface area contributed by atoms with Gasteiger partial charge in [-0.1, -0.05) is 30.3 Å². The lowest BCUT2D eigenvalue weighted by atomic mass is 9.95. The number of nitrogens with zero attached hydrogens (tertiary/aromatic N) is 2. The highest BCUT2D eigenvalue weighted by Gasteiger charge is 2.31. The predicted molar refractivity (Wildman–Crippen MR) is 91.5 cm³/mol. The summed E-state index contributed by atoms with van der Waals surface area (Å²) in [4.78, 5) is 28.9. The number of morpholine rings is 1. The molecule has 24 heavy (non-hydrogen) atoms. The van der Waals surface area contributed by atoms with E-state index >= 15 is 0 Å². The monoisotopic (exact) mass is 330 g/mol. The standard InChI is InChI=1S/C19H26N2O3/c22-18(9-8-16-5-2-1-3-6-16)21-10-4-7-17(15-21)19(23)20-11-13-24-14-12-20/h1-3,5-6,17H,4,7-15H2. The van der Waals surface area contributed by atoms with E-state index in [1.165, 1.54) is 5.56 Å². The Kier molecular flexibility index (Phi) is 5.86. The van der Waals surface area contributed by atoms with E-state index in [9.17, 15) is 9.59 Å². The molecule has 0 radical (unpaired) electrons. The Morgan fingerprint density at radius 1 is 1.04 bits per heavy atom. The van der Waals surface area contributed by atoms with Crippen LogP contribution in [0.2, 0.25) is 0 Å². The molecule has 2 amide bonds. The van der Waals surface area contributed by atoms with Crippen LogP contribution in [0.15, 0.2) is 30.3 Å². The Labute approximate surface area is 143 Å². The van der Waals surface area contributed by atoms with Crippen LogP contribution in [0.3, 0.4) is 0 Å². The van der Waals surface area contributed by atoms with E-state index in [2.05, 4.69) is 0 Å². The van der Waals surface area contributed by atoms with Crippen LogP contribution >= 0.6 is 0 Å². The molecule has 2 saturated heterocycles. The lowest BCUT2D eigenvalue weighted by molar-refractivity contribution is -0.144. The number of carbonyl (C=O) groups is 2. The fraction of sp³-hybridized carbons (Fsp3) is 0.579. The molecule has 2 heterocycles. The minimum absolute atomic E-state index is 0.0440. The highest BCUT2D eigenvalue weighted by atomic mass is 16.5. The first-order valence-corrected chi connectivity index (χ1v) is 8.92. The van der Waals surface area contributed by atoms with Gasteiger partial charge in [0.25, 0.3) is 0 Å². The molecule has 0 saturated carbocycles. The maximum Gasteiger partial charge on any atom is 0.227 e. The van der Waals surface area contributed by atoms with Gasteiger partial charge >= 0.3 is 0 Å². The molecule has 5 nitrogen and oxygen atoms in total. The fourth-order valence-electron chi connectivity index (χ4n) is 3.50. The number of benzene rings is 1. The van der Waals surface area contributed by atoms with E-state index in [0.29, 0.717) is 39.3 Å². The molecule has 0 bridgehead atoms. The summed E-state index contributed by atoms with van der Waals surface area (Å²) in [7, 11) is 0. The Morgan fingerprint density at radius 2 is 1.79 bits per heavy atom. The van der Waals surface area contributed by atoms with Crippen LogP contribution in [0.1, 0.15) is 24.8 Å². The lowest BCUT2D eigenvalue weighted by Gasteiger charge is -2.36. The lowest BCUT2D eigenvalue weighted by Crippen LogP contribution is -2.49. The molecule has 0 spiro atoms. The van der Waals surface area contributed by atoms with Crippen LogP contribution in [0.4, 0.5) is 0 Å². The number of carbonyl (C=O) groups excluding carboxylic acids is 2. The van der Waals surface area contributed by atoms with E-state index in [-0.39, 0.29) is 17.7 Å². The minimum atomic E-state index is -0.0440. The van der Waals surface area contributed by atoms with Crippen molar-refractivity contribution in [2.45, 2.75) is 25.7 Å². The number of aryl methyl sites for hydroxylation is 1. The van der Waals surface area contributed by atoms with Crippen LogP contribution in [0.5, 0.6) is 0 Å². The second-order valence-corrected chi connectivity index (χ2v) is 6.60. The van der Waals surface area contributed by atoms with Crippen molar-refractivity contribution in [1.82, 2.24) is 9.80 Å². The van der Waals surface area contributed by atoms with Crippen LogP contribution < -0.4 is 0 Å². The molecule has 0 N–H and O–H groups in total. The number of rotatable bonds is 4. The van der Waals surface area contributed by atoms with Crippen molar-refractivity contribution in [2.75, 3.05) is 39.4 Å². The van der Waals surface area contributed by atoms with Crippen molar-refractivity contribution in [3.63, 3.8) is 0 Å². The molecule has 1 aromatic carbocycles. The first kappa shape index (κ1) is 17.0. The average Bonchev–Trinajstić information content (AvgIpc) is 2.67. The molecule has 2 aliphatic heterocycles. The molecule has 2 aliphatic rings. The summed E-state index contributed by atoms with van der Waals surface area (Å²) in [5.74, 6) is 0.315. The Balaban J connectivity index is 1.50. The predicted octanol–water partition coefficient (Wildman–Crippen LogP) is 1.72. The summed E-state index contributed by atoms with van der Waals surface area (Å²) in [6.45, 7) is 3.95. The zero-order chi connectivity index (χ0) is 16.8. The molecule has 3 rings (SSSR count). The molecular weight excluding hydrogens is 304 g/mol. The third-order valence-electron chi connectivity index (χ3n) is 4.92. The third-order valence-corrected chi connectivity index (χ3v) is 4.92. The molecule has 1 unspecified atom stereocenters. The van der Waals surface area contributed by atoms with Gasteiger partial charge in [-0.2, -0.15) is 0 Å². The summed E-state index contributed by atoms with van der Waals surface area (Å²) in [5, 5.41) is 0. The van der Waals surface area contributed by atoms with Gasteiger partial charge in [-0.3, -0.25) is 9.59 Å². The molecule has 2 fully saturated rings. The topological polar surface area (TPSA) is 49.9 Å². The molecule has 1 atom stereocenters. The van der Waals surface area contributed by atoms with Crippen LogP contribution in [-0.2, 0) is 20.7 Å². The van der Waals surface area contributed by atoms with E-state index < -0.39 is 0 Å². The number of likely N-dealkylation sites (tertiary alicyclic amines) is 1. The second kappa shape index (κ2) is 8.29. The molecule has 0 aliphatic carbocycles. The van der Waals surface area contributed by atoms with Crippen molar-refractivity contribution in [2.24, 2.45) is 5.92 Å². The highest BCUT2D eigenvalue weighted by molar-refractivity contribution is 5.81. The molecule has 5 heteroatoms. The number of piperidine rings is 1. The van der Waals surface area contributed by atoms with Crippen molar-refractivity contribution >= 4 is 11.8 Å². The normalized spacial score (nSPS) is 21.6. The quantitative estimate of drug-likeness (QED) is 0.844. The van der Waals surface area contributed by atoms with Gasteiger partial charge in [0, 0.05) is 32.6 Å². The zero-order valence-electron chi connectivity index (χ0n) is 14.2. The highest BCUT2D eigenvalue weighted by Crippen LogP contribution is 2.20. The largest absolute Gasteiger partial charge is 0.378 e. The molecule has 0 aromatic heterocycles. The summed E-state index contributed by atoms with van der Waals surface area (Å²) in [6, 6.07) is 10.1. The van der Waals surface area contributed by atoms with Crippen LogP contribution in [0, 0.1) is 5.92 Å². The van der Waals surface area contributed by atoms with Gasteiger partial charge < -0.3 is 14.5 Å². The maximum atomic E-state index is 12.6. The first-order valence-electron chi connectivity index (χ1n) is 8.92. The Bertz CT molecular complexity index is 555. The van der Waals surface area contributed by atoms with Gasteiger partial charge in [-0.05, 0) is 24.8 Å². The molecule has 1 aromatic rings. The zero-order valence-corrected chi connectivity index (χ0v) is 14.2. The number of hydrogen-bond acceptors (Lipinski definition) is 3. The summed E-state index contributed by atoms with van der Waals surface area (Å²) < 4.78 is 5.31. The SMILES string of the molecule is O=C(CCc1ccccc1)N1CCCC(C(=O)N2CCOCC2)C1. The average molecular weight is 330 g/mol. The maximum absolute atomic E-state index is 12.6. The summed E-state index contributed by atoms with van der Waals surface area (Å²) in [5.41, 5.74) is 1.18. The smallest absolute Gasteiger partial charge is 0.227 e. The van der Waals surface area contributed by atoms with Gasteiger partial charge in [0.05, 0.1) is 19.1 Å². The fourth-order valence-corrected chi connectivity index (χ4v) is 3.50. The molecular formula is C19H26N2O3. The van der Waals surface area contributed by atoms with Crippen LogP contribution in [-0.4, -0.2) is 61.0 Å². The van der Waals surface area contributed by atoms with Crippen molar-refractivity contribution in [3.05, 3.63) is 35.9 Å². The van der Waals surface area contributed by atoms with Crippen molar-refractivity contribution < 1.29 is 14.3 Å². The third kappa shape index (κ3) is 4.35. The Morgan fingerprint density at radius 3 is 2.54 bits per heavy atom. The van der Waals surface area contributed by atoms with E-state index in [1.807, 2.05) is 40.1 Å². The number of hydrogen-bond donors (Lipinski definition) is 0. The first-order chi connectivity index (χ1) is 11.7. The number of amides is 2. The van der Waals surface area contributed by atoms with Crippen molar-refractivity contribution in [3.8, 4) is 0 Å².